The molecule has 0 unspecified atom stereocenters. The van der Waals surface area contributed by atoms with Crippen LogP contribution in [0.1, 0.15) is 22.8 Å². The molecule has 154 valence electrons. The number of carbonyl (C=O) groups excluding carboxylic acids is 2. The molecule has 0 bridgehead atoms. The Bertz CT molecular complexity index is 1250. The molecule has 2 N–H and O–H groups in total. The topological polar surface area (TPSA) is 71.1 Å². The summed E-state index contributed by atoms with van der Waals surface area (Å²) in [5.74, 6) is -0.305. The molecule has 31 heavy (non-hydrogen) atoms. The largest absolute Gasteiger partial charge is 0.348 e. The van der Waals surface area contributed by atoms with Crippen molar-refractivity contribution in [3.05, 3.63) is 95.0 Å². The van der Waals surface area contributed by atoms with E-state index in [-0.39, 0.29) is 11.8 Å². The summed E-state index contributed by atoms with van der Waals surface area (Å²) in [6.07, 6.45) is 0. The van der Waals surface area contributed by atoms with E-state index >= 15 is 0 Å². The molecule has 6 heteroatoms. The molecule has 3 aromatic carbocycles. The standard InChI is InChI=1S/C25H20ClN3O2/c1-16(30)28-20-12-8-18(9-13-20)24-14-22(21-4-2-3-5-23(21)29-24)25(31)27-15-17-6-10-19(26)11-7-17/h2-14H,15H2,1H3,(H,27,31)(H,28,30). The summed E-state index contributed by atoms with van der Waals surface area (Å²) in [6.45, 7) is 1.86. The van der Waals surface area contributed by atoms with Gasteiger partial charge < -0.3 is 10.6 Å². The van der Waals surface area contributed by atoms with E-state index in [2.05, 4.69) is 10.6 Å². The highest BCUT2D eigenvalue weighted by molar-refractivity contribution is 6.30. The van der Waals surface area contributed by atoms with Gasteiger partial charge >= 0.3 is 0 Å². The number of hydrogen-bond donors (Lipinski definition) is 2. The van der Waals surface area contributed by atoms with Crippen LogP contribution in [0.2, 0.25) is 5.02 Å². The fourth-order valence-electron chi connectivity index (χ4n) is 3.32. The number of amides is 2. The van der Waals surface area contributed by atoms with Gasteiger partial charge in [0.15, 0.2) is 0 Å². The first-order valence-electron chi connectivity index (χ1n) is 9.80. The maximum atomic E-state index is 13.0. The van der Waals surface area contributed by atoms with Crippen molar-refractivity contribution in [2.45, 2.75) is 13.5 Å². The number of para-hydroxylation sites is 1. The Kier molecular flexibility index (Phi) is 5.96. The van der Waals surface area contributed by atoms with E-state index in [4.69, 9.17) is 16.6 Å². The zero-order valence-corrected chi connectivity index (χ0v) is 17.6. The molecule has 0 spiro atoms. The minimum atomic E-state index is -0.176. The number of anilines is 1. The summed E-state index contributed by atoms with van der Waals surface area (Å²) in [7, 11) is 0. The number of rotatable bonds is 5. The first-order chi connectivity index (χ1) is 15.0. The molecular weight excluding hydrogens is 410 g/mol. The zero-order valence-electron chi connectivity index (χ0n) is 16.9. The SMILES string of the molecule is CC(=O)Nc1ccc(-c2cc(C(=O)NCc3ccc(Cl)cc3)c3ccccc3n2)cc1. The van der Waals surface area contributed by atoms with Gasteiger partial charge in [-0.15, -0.1) is 0 Å². The van der Waals surface area contributed by atoms with Crippen molar-refractivity contribution >= 4 is 40.0 Å². The zero-order chi connectivity index (χ0) is 21.8. The highest BCUT2D eigenvalue weighted by Gasteiger charge is 2.14. The summed E-state index contributed by atoms with van der Waals surface area (Å²) in [6, 6.07) is 24.1. The monoisotopic (exact) mass is 429 g/mol. The van der Waals surface area contributed by atoms with Gasteiger partial charge in [-0.3, -0.25) is 9.59 Å². The molecule has 2 amide bonds. The van der Waals surface area contributed by atoms with Gasteiger partial charge in [0.05, 0.1) is 16.8 Å². The number of pyridine rings is 1. The maximum absolute atomic E-state index is 13.0. The van der Waals surface area contributed by atoms with Crippen molar-refractivity contribution in [2.24, 2.45) is 0 Å². The van der Waals surface area contributed by atoms with E-state index in [1.165, 1.54) is 6.92 Å². The molecule has 0 saturated heterocycles. The summed E-state index contributed by atoms with van der Waals surface area (Å²) in [5, 5.41) is 7.17. The van der Waals surface area contributed by atoms with Crippen LogP contribution in [0.5, 0.6) is 0 Å². The van der Waals surface area contributed by atoms with E-state index in [9.17, 15) is 9.59 Å². The third-order valence-electron chi connectivity index (χ3n) is 4.83. The Morgan fingerprint density at radius 3 is 2.35 bits per heavy atom. The first-order valence-corrected chi connectivity index (χ1v) is 10.2. The molecule has 5 nitrogen and oxygen atoms in total. The van der Waals surface area contributed by atoms with Gasteiger partial charge in [-0.1, -0.05) is 54.1 Å². The molecule has 0 radical (unpaired) electrons. The maximum Gasteiger partial charge on any atom is 0.252 e. The Morgan fingerprint density at radius 2 is 1.65 bits per heavy atom. The third kappa shape index (κ3) is 4.90. The van der Waals surface area contributed by atoms with Crippen LogP contribution in [0.4, 0.5) is 5.69 Å². The molecule has 0 saturated carbocycles. The number of fused-ring (bicyclic) bond motifs is 1. The lowest BCUT2D eigenvalue weighted by Crippen LogP contribution is -2.23. The molecule has 1 heterocycles. The van der Waals surface area contributed by atoms with Crippen LogP contribution in [-0.2, 0) is 11.3 Å². The molecule has 0 aliphatic carbocycles. The van der Waals surface area contributed by atoms with E-state index in [0.717, 1.165) is 22.0 Å². The average Bonchev–Trinajstić information content (AvgIpc) is 2.78. The highest BCUT2D eigenvalue weighted by Crippen LogP contribution is 2.26. The second-order valence-electron chi connectivity index (χ2n) is 7.14. The van der Waals surface area contributed by atoms with Crippen molar-refractivity contribution in [3.63, 3.8) is 0 Å². The second-order valence-corrected chi connectivity index (χ2v) is 7.58. The highest BCUT2D eigenvalue weighted by atomic mass is 35.5. The van der Waals surface area contributed by atoms with E-state index < -0.39 is 0 Å². The van der Waals surface area contributed by atoms with Gasteiger partial charge in [-0.25, -0.2) is 4.98 Å². The lowest BCUT2D eigenvalue weighted by molar-refractivity contribution is -0.114. The van der Waals surface area contributed by atoms with Crippen molar-refractivity contribution in [1.29, 1.82) is 0 Å². The van der Waals surface area contributed by atoms with Gasteiger partial charge in [0, 0.05) is 35.1 Å². The van der Waals surface area contributed by atoms with Crippen LogP contribution in [0.25, 0.3) is 22.2 Å². The van der Waals surface area contributed by atoms with Gasteiger partial charge in [0.2, 0.25) is 5.91 Å². The van der Waals surface area contributed by atoms with Crippen molar-refractivity contribution in [1.82, 2.24) is 10.3 Å². The minimum Gasteiger partial charge on any atom is -0.348 e. The molecule has 0 atom stereocenters. The smallest absolute Gasteiger partial charge is 0.252 e. The second kappa shape index (κ2) is 8.98. The average molecular weight is 430 g/mol. The number of hydrogen-bond acceptors (Lipinski definition) is 3. The molecule has 4 rings (SSSR count). The molecule has 1 aromatic heterocycles. The lowest BCUT2D eigenvalue weighted by atomic mass is 10.0. The van der Waals surface area contributed by atoms with Crippen molar-refractivity contribution < 1.29 is 9.59 Å². The van der Waals surface area contributed by atoms with Crippen LogP contribution < -0.4 is 10.6 Å². The van der Waals surface area contributed by atoms with Crippen molar-refractivity contribution in [3.8, 4) is 11.3 Å². The van der Waals surface area contributed by atoms with Crippen LogP contribution in [0.15, 0.2) is 78.9 Å². The number of carbonyl (C=O) groups is 2. The van der Waals surface area contributed by atoms with Gasteiger partial charge in [0.25, 0.3) is 5.91 Å². The number of aromatic nitrogens is 1. The summed E-state index contributed by atoms with van der Waals surface area (Å²) >= 11 is 5.93. The van der Waals surface area contributed by atoms with Crippen LogP contribution >= 0.6 is 11.6 Å². The number of benzene rings is 3. The minimum absolute atomic E-state index is 0.128. The van der Waals surface area contributed by atoms with Crippen LogP contribution in [0, 0.1) is 0 Å². The normalized spacial score (nSPS) is 10.6. The van der Waals surface area contributed by atoms with Gasteiger partial charge in [0.1, 0.15) is 0 Å². The Labute approximate surface area is 185 Å². The number of nitrogens with zero attached hydrogens (tertiary/aromatic N) is 1. The third-order valence-corrected chi connectivity index (χ3v) is 5.08. The molecule has 4 aromatic rings. The predicted molar refractivity (Wildman–Crippen MR) is 124 cm³/mol. The number of halogens is 1. The molecule has 0 aliphatic rings. The Morgan fingerprint density at radius 1 is 0.935 bits per heavy atom. The molecule has 0 fully saturated rings. The van der Waals surface area contributed by atoms with Crippen LogP contribution in [0.3, 0.4) is 0 Å². The van der Waals surface area contributed by atoms with E-state index in [1.807, 2.05) is 60.7 Å². The summed E-state index contributed by atoms with van der Waals surface area (Å²) in [4.78, 5) is 29.0. The van der Waals surface area contributed by atoms with Crippen LogP contribution in [-0.4, -0.2) is 16.8 Å². The fraction of sp³-hybridized carbons (Fsp3) is 0.0800. The van der Waals surface area contributed by atoms with Gasteiger partial charge in [-0.2, -0.15) is 0 Å². The first kappa shape index (κ1) is 20.6. The summed E-state index contributed by atoms with van der Waals surface area (Å²) < 4.78 is 0. The lowest BCUT2D eigenvalue weighted by Gasteiger charge is -2.11. The Balaban J connectivity index is 1.65. The van der Waals surface area contributed by atoms with E-state index in [1.54, 1.807) is 18.2 Å². The summed E-state index contributed by atoms with van der Waals surface area (Å²) in [5.41, 5.74) is 4.50. The number of nitrogens with one attached hydrogen (secondary N) is 2. The molecule has 0 aliphatic heterocycles. The predicted octanol–water partition coefficient (Wildman–Crippen LogP) is 5.44. The van der Waals surface area contributed by atoms with Crippen molar-refractivity contribution in [2.75, 3.05) is 5.32 Å². The Hall–Kier alpha value is -3.70. The fourth-order valence-corrected chi connectivity index (χ4v) is 3.44. The van der Waals surface area contributed by atoms with Gasteiger partial charge in [-0.05, 0) is 42.0 Å². The van der Waals surface area contributed by atoms with E-state index in [0.29, 0.717) is 28.5 Å². The molecular formula is C25H20ClN3O2. The quantitative estimate of drug-likeness (QED) is 0.443.